The van der Waals surface area contributed by atoms with Crippen LogP contribution in [0, 0.1) is 0 Å². The fraction of sp³-hybridized carbons (Fsp3) is 0.200. The van der Waals surface area contributed by atoms with Crippen molar-refractivity contribution in [2.24, 2.45) is 0 Å². The summed E-state index contributed by atoms with van der Waals surface area (Å²) >= 11 is 5.26. The number of hydrogen-bond acceptors (Lipinski definition) is 5. The monoisotopic (exact) mass is 450 g/mol. The van der Waals surface area contributed by atoms with Crippen molar-refractivity contribution in [1.29, 1.82) is 0 Å². The lowest BCUT2D eigenvalue weighted by Gasteiger charge is -2.13. The van der Waals surface area contributed by atoms with Crippen LogP contribution in [0.2, 0.25) is 0 Å². The van der Waals surface area contributed by atoms with Crippen LogP contribution in [0.3, 0.4) is 0 Å². The first kappa shape index (κ1) is 23.1. The summed E-state index contributed by atoms with van der Waals surface area (Å²) in [5, 5.41) is 5.87. The van der Waals surface area contributed by atoms with Crippen molar-refractivity contribution in [3.05, 3.63) is 84.4 Å². The number of amides is 1. The van der Waals surface area contributed by atoms with Crippen LogP contribution in [0.4, 0.5) is 5.69 Å². The van der Waals surface area contributed by atoms with Gasteiger partial charge in [-0.25, -0.2) is 0 Å². The van der Waals surface area contributed by atoms with Gasteiger partial charge >= 0.3 is 0 Å². The number of hydrogen-bond donors (Lipinski definition) is 2. The standard InChI is InChI=1S/C25H26N2O4S/c1-18(2)31-23-10-6-7-19(17-23)24(28)27-25(32)26-20-11-13-22(14-12-20)30-16-15-29-21-8-4-3-5-9-21/h3-14,17-18H,15-16H2,1-2H3,(H2,26,27,28,32). The highest BCUT2D eigenvalue weighted by Crippen LogP contribution is 2.17. The van der Waals surface area contributed by atoms with E-state index in [9.17, 15) is 4.79 Å². The van der Waals surface area contributed by atoms with Crippen LogP contribution < -0.4 is 24.8 Å². The number of thiocarbonyl (C=S) groups is 1. The van der Waals surface area contributed by atoms with Gasteiger partial charge in [-0.3, -0.25) is 10.1 Å². The number of rotatable bonds is 9. The zero-order valence-electron chi connectivity index (χ0n) is 18.0. The largest absolute Gasteiger partial charge is 0.491 e. The van der Waals surface area contributed by atoms with Crippen molar-refractivity contribution in [3.63, 3.8) is 0 Å². The lowest BCUT2D eigenvalue weighted by Crippen LogP contribution is -2.34. The molecule has 3 aromatic rings. The molecule has 0 heterocycles. The molecule has 32 heavy (non-hydrogen) atoms. The van der Waals surface area contributed by atoms with E-state index in [0.717, 1.165) is 11.4 Å². The minimum atomic E-state index is -0.310. The van der Waals surface area contributed by atoms with Gasteiger partial charge in [0, 0.05) is 11.3 Å². The third-order valence-electron chi connectivity index (χ3n) is 4.17. The van der Waals surface area contributed by atoms with Gasteiger partial charge < -0.3 is 19.5 Å². The average Bonchev–Trinajstić information content (AvgIpc) is 2.78. The minimum Gasteiger partial charge on any atom is -0.491 e. The Morgan fingerprint density at radius 2 is 1.47 bits per heavy atom. The molecule has 0 aliphatic heterocycles. The molecule has 3 rings (SSSR count). The van der Waals surface area contributed by atoms with Crippen LogP contribution in [-0.4, -0.2) is 30.3 Å². The molecule has 1 amide bonds. The second-order valence-corrected chi connectivity index (χ2v) is 7.55. The van der Waals surface area contributed by atoms with Gasteiger partial charge in [-0.05, 0) is 80.7 Å². The third kappa shape index (κ3) is 7.59. The van der Waals surface area contributed by atoms with E-state index < -0.39 is 0 Å². The van der Waals surface area contributed by atoms with Crippen LogP contribution in [0.25, 0.3) is 0 Å². The highest BCUT2D eigenvalue weighted by Gasteiger charge is 2.10. The van der Waals surface area contributed by atoms with Crippen LogP contribution in [0.15, 0.2) is 78.9 Å². The quantitative estimate of drug-likeness (QED) is 0.351. The van der Waals surface area contributed by atoms with Crippen molar-refractivity contribution >= 4 is 28.9 Å². The van der Waals surface area contributed by atoms with Crippen LogP contribution in [-0.2, 0) is 0 Å². The molecule has 0 aromatic heterocycles. The van der Waals surface area contributed by atoms with Crippen molar-refractivity contribution < 1.29 is 19.0 Å². The van der Waals surface area contributed by atoms with Gasteiger partial charge in [-0.1, -0.05) is 24.3 Å². The first-order valence-electron chi connectivity index (χ1n) is 10.3. The van der Waals surface area contributed by atoms with Crippen LogP contribution in [0.5, 0.6) is 17.2 Å². The zero-order valence-corrected chi connectivity index (χ0v) is 18.9. The van der Waals surface area contributed by atoms with E-state index in [-0.39, 0.29) is 17.1 Å². The molecule has 0 radical (unpaired) electrons. The number of carbonyl (C=O) groups is 1. The van der Waals surface area contributed by atoms with Crippen molar-refractivity contribution in [2.45, 2.75) is 20.0 Å². The maximum atomic E-state index is 12.5. The normalized spacial score (nSPS) is 10.3. The van der Waals surface area contributed by atoms with Gasteiger partial charge in [0.05, 0.1) is 6.10 Å². The second kappa shape index (κ2) is 11.7. The van der Waals surface area contributed by atoms with Crippen LogP contribution in [0.1, 0.15) is 24.2 Å². The first-order valence-corrected chi connectivity index (χ1v) is 10.7. The topological polar surface area (TPSA) is 68.8 Å². The van der Waals surface area contributed by atoms with E-state index in [4.69, 9.17) is 26.4 Å². The van der Waals surface area contributed by atoms with E-state index in [1.807, 2.05) is 74.5 Å². The van der Waals surface area contributed by atoms with E-state index in [0.29, 0.717) is 30.3 Å². The summed E-state index contributed by atoms with van der Waals surface area (Å²) in [6.45, 7) is 4.74. The second-order valence-electron chi connectivity index (χ2n) is 7.14. The van der Waals surface area contributed by atoms with Gasteiger partial charge in [0.15, 0.2) is 5.11 Å². The molecule has 0 atom stereocenters. The van der Waals surface area contributed by atoms with Gasteiger partial charge in [0.1, 0.15) is 30.5 Å². The zero-order chi connectivity index (χ0) is 22.8. The lowest BCUT2D eigenvalue weighted by molar-refractivity contribution is 0.0977. The molecular formula is C25H26N2O4S. The number of ether oxygens (including phenoxy) is 3. The number of carbonyl (C=O) groups excluding carboxylic acids is 1. The fourth-order valence-corrected chi connectivity index (χ4v) is 3.00. The summed E-state index contributed by atoms with van der Waals surface area (Å²) in [6, 6.07) is 23.9. The number of para-hydroxylation sites is 1. The molecule has 7 heteroatoms. The van der Waals surface area contributed by atoms with E-state index >= 15 is 0 Å². The summed E-state index contributed by atoms with van der Waals surface area (Å²) < 4.78 is 16.9. The molecule has 0 bridgehead atoms. The van der Waals surface area contributed by atoms with Gasteiger partial charge in [-0.2, -0.15) is 0 Å². The van der Waals surface area contributed by atoms with Gasteiger partial charge in [0.25, 0.3) is 5.91 Å². The Balaban J connectivity index is 1.43. The summed E-state index contributed by atoms with van der Waals surface area (Å²) in [7, 11) is 0. The molecule has 0 aliphatic rings. The van der Waals surface area contributed by atoms with E-state index in [1.54, 1.807) is 18.2 Å². The Hall–Kier alpha value is -3.58. The Labute approximate surface area is 193 Å². The molecular weight excluding hydrogens is 424 g/mol. The summed E-state index contributed by atoms with van der Waals surface area (Å²) in [5.41, 5.74) is 1.20. The highest BCUT2D eigenvalue weighted by atomic mass is 32.1. The van der Waals surface area contributed by atoms with Gasteiger partial charge in [0.2, 0.25) is 0 Å². The first-order chi connectivity index (χ1) is 15.5. The third-order valence-corrected chi connectivity index (χ3v) is 4.38. The Morgan fingerprint density at radius 1 is 0.844 bits per heavy atom. The van der Waals surface area contributed by atoms with Crippen molar-refractivity contribution in [1.82, 2.24) is 5.32 Å². The number of anilines is 1. The van der Waals surface area contributed by atoms with Crippen LogP contribution >= 0.6 is 12.2 Å². The number of nitrogens with one attached hydrogen (secondary N) is 2. The van der Waals surface area contributed by atoms with Gasteiger partial charge in [-0.15, -0.1) is 0 Å². The maximum Gasteiger partial charge on any atom is 0.257 e. The smallest absolute Gasteiger partial charge is 0.257 e. The summed E-state index contributed by atoms with van der Waals surface area (Å²) in [5.74, 6) is 1.85. The molecule has 0 aliphatic carbocycles. The van der Waals surface area contributed by atoms with Crippen molar-refractivity contribution in [2.75, 3.05) is 18.5 Å². The van der Waals surface area contributed by atoms with E-state index in [1.165, 1.54) is 0 Å². The predicted molar refractivity (Wildman–Crippen MR) is 130 cm³/mol. The minimum absolute atomic E-state index is 0.0272. The lowest BCUT2D eigenvalue weighted by atomic mass is 10.2. The Bertz CT molecular complexity index is 1020. The fourth-order valence-electron chi connectivity index (χ4n) is 2.79. The Morgan fingerprint density at radius 3 is 2.12 bits per heavy atom. The maximum absolute atomic E-state index is 12.5. The molecule has 0 fully saturated rings. The molecule has 3 aromatic carbocycles. The molecule has 166 valence electrons. The average molecular weight is 451 g/mol. The Kier molecular flexibility index (Phi) is 8.45. The predicted octanol–water partition coefficient (Wildman–Crippen LogP) is 5.06. The molecule has 2 N–H and O–H groups in total. The molecule has 0 saturated heterocycles. The summed E-state index contributed by atoms with van der Waals surface area (Å²) in [6.07, 6.45) is 0.0272. The molecule has 6 nitrogen and oxygen atoms in total. The highest BCUT2D eigenvalue weighted by molar-refractivity contribution is 7.80. The summed E-state index contributed by atoms with van der Waals surface area (Å²) in [4.78, 5) is 12.5. The SMILES string of the molecule is CC(C)Oc1cccc(C(=O)NC(=S)Nc2ccc(OCCOc3ccccc3)cc2)c1. The molecule has 0 unspecified atom stereocenters. The van der Waals surface area contributed by atoms with Crippen molar-refractivity contribution in [3.8, 4) is 17.2 Å². The molecule has 0 saturated carbocycles. The van der Waals surface area contributed by atoms with E-state index in [2.05, 4.69) is 10.6 Å². The molecule has 0 spiro atoms. The number of benzene rings is 3.